The van der Waals surface area contributed by atoms with Crippen molar-refractivity contribution in [2.24, 2.45) is 0 Å². The Bertz CT molecular complexity index is 43.3. The van der Waals surface area contributed by atoms with E-state index in [4.69, 9.17) is 5.39 Å². The fourth-order valence-electron chi connectivity index (χ4n) is 0.0707. The first-order valence-electron chi connectivity index (χ1n) is 1.37. The van der Waals surface area contributed by atoms with Gasteiger partial charge in [0.1, 0.15) is 4.98 Å². The summed E-state index contributed by atoms with van der Waals surface area (Å²) in [5.74, 6) is 0. The molecule has 0 aromatic heterocycles. The molecule has 0 aromatic rings. The molecule has 0 amide bonds. The Morgan fingerprint density at radius 1 is 2.00 bits per heavy atom. The Morgan fingerprint density at radius 2 is 2.60 bits per heavy atom. The first-order valence-corrected chi connectivity index (χ1v) is 1.37. The normalized spacial score (nSPS) is 6.40. The van der Waals surface area contributed by atoms with Gasteiger partial charge in [-0.1, -0.05) is 0 Å². The van der Waals surface area contributed by atoms with E-state index >= 15 is 0 Å². The van der Waals surface area contributed by atoms with Crippen LogP contribution in [0.1, 0.15) is 0 Å². The first-order chi connectivity index (χ1) is 2.41. The van der Waals surface area contributed by atoms with Crippen molar-refractivity contribution in [1.29, 1.82) is 5.39 Å². The van der Waals surface area contributed by atoms with Crippen molar-refractivity contribution in [3.05, 3.63) is 4.98 Å². The van der Waals surface area contributed by atoms with Gasteiger partial charge in [-0.15, -0.1) is 0 Å². The minimum atomic E-state index is 0.319. The average Bonchev–Trinajstić information content (AvgIpc) is 1.41. The van der Waals surface area contributed by atoms with Crippen molar-refractivity contribution in [3.8, 4) is 0 Å². The molecule has 0 bridgehead atoms. The van der Waals surface area contributed by atoms with Crippen molar-refractivity contribution < 1.29 is 0 Å². The maximum atomic E-state index is 7.63. The van der Waals surface area contributed by atoms with Crippen LogP contribution in [0.2, 0.25) is 0 Å². The standard InChI is InChI=1S/C2H6N3/c1-4-2-5-3/h4H,2H2,1H3/q+1. The van der Waals surface area contributed by atoms with Gasteiger partial charge in [0.15, 0.2) is 0 Å². The molecule has 0 atom stereocenters. The molecule has 0 aliphatic heterocycles. The fraction of sp³-hybridized carbons (Fsp3) is 1.00. The predicted octanol–water partition coefficient (Wildman–Crippen LogP) is 0.0164. The number of rotatable bonds is 1. The number of hydrogen-bond acceptors (Lipinski definition) is 2. The van der Waals surface area contributed by atoms with E-state index in [-0.39, 0.29) is 0 Å². The number of nitrogens with one attached hydrogen (secondary N) is 1. The van der Waals surface area contributed by atoms with E-state index in [1.807, 2.05) is 0 Å². The lowest BCUT2D eigenvalue weighted by Crippen LogP contribution is -2.01. The van der Waals surface area contributed by atoms with Crippen molar-refractivity contribution >= 4 is 0 Å². The zero-order valence-electron chi connectivity index (χ0n) is 3.10. The van der Waals surface area contributed by atoms with Crippen LogP contribution in [0.3, 0.4) is 0 Å². The second-order valence-electron chi connectivity index (χ2n) is 0.653. The summed E-state index contributed by atoms with van der Waals surface area (Å²) in [7, 11) is 1.71. The van der Waals surface area contributed by atoms with Gasteiger partial charge in [-0.3, -0.25) is 0 Å². The number of hydrogen-bond donors (Lipinski definition) is 1. The molecule has 0 fully saturated rings. The van der Waals surface area contributed by atoms with Gasteiger partial charge in [0.25, 0.3) is 0 Å². The maximum Gasteiger partial charge on any atom is 0.359 e. The Labute approximate surface area is 30.6 Å². The van der Waals surface area contributed by atoms with E-state index < -0.39 is 0 Å². The van der Waals surface area contributed by atoms with Gasteiger partial charge in [0.05, 0.1) is 0 Å². The van der Waals surface area contributed by atoms with Crippen molar-refractivity contribution in [2.75, 3.05) is 13.7 Å². The highest BCUT2D eigenvalue weighted by molar-refractivity contribution is 4.42. The first kappa shape index (κ1) is 4.38. The molecule has 3 heteroatoms. The van der Waals surface area contributed by atoms with Crippen LogP contribution in [0.4, 0.5) is 0 Å². The summed E-state index contributed by atoms with van der Waals surface area (Å²) >= 11 is 0. The lowest BCUT2D eigenvalue weighted by atomic mass is 11.1. The molecular weight excluding hydrogens is 66.0 g/mol. The third-order valence-corrected chi connectivity index (χ3v) is 0.229. The molecule has 0 heterocycles. The zero-order chi connectivity index (χ0) is 4.12. The van der Waals surface area contributed by atoms with E-state index in [1.54, 1.807) is 7.05 Å². The third-order valence-electron chi connectivity index (χ3n) is 0.229. The highest BCUT2D eigenvalue weighted by Crippen LogP contribution is 1.47. The molecule has 0 rings (SSSR count). The molecule has 5 heavy (non-hydrogen) atoms. The van der Waals surface area contributed by atoms with Crippen LogP contribution >= 0.6 is 0 Å². The minimum Gasteiger partial charge on any atom is -0.246 e. The highest BCUT2D eigenvalue weighted by Gasteiger charge is 1.76. The van der Waals surface area contributed by atoms with Gasteiger partial charge in [-0.05, 0) is 7.05 Å². The van der Waals surface area contributed by atoms with E-state index in [0.717, 1.165) is 0 Å². The highest BCUT2D eigenvalue weighted by atomic mass is 15.0. The Balaban J connectivity index is 2.48. The van der Waals surface area contributed by atoms with Crippen LogP contribution in [0.5, 0.6) is 0 Å². The molecule has 0 saturated heterocycles. The molecular formula is C2H6N3+. The average molecular weight is 72.1 g/mol. The summed E-state index contributed by atoms with van der Waals surface area (Å²) in [4.78, 5) is 2.74. The van der Waals surface area contributed by atoms with E-state index in [9.17, 15) is 0 Å². The maximum absolute atomic E-state index is 7.63. The second-order valence-corrected chi connectivity index (χ2v) is 0.653. The zero-order valence-corrected chi connectivity index (χ0v) is 3.10. The van der Waals surface area contributed by atoms with Crippen LogP contribution in [0.25, 0.3) is 4.98 Å². The predicted molar refractivity (Wildman–Crippen MR) is 19.0 cm³/mol. The van der Waals surface area contributed by atoms with Crippen molar-refractivity contribution in [2.45, 2.75) is 0 Å². The van der Waals surface area contributed by atoms with E-state index in [2.05, 4.69) is 10.3 Å². The van der Waals surface area contributed by atoms with Crippen LogP contribution < -0.4 is 5.32 Å². The van der Waals surface area contributed by atoms with Crippen LogP contribution in [0, 0.1) is 5.39 Å². The third kappa shape index (κ3) is 3.38. The molecule has 0 radical (unpaired) electrons. The summed E-state index contributed by atoms with van der Waals surface area (Å²) < 4.78 is 0. The molecule has 0 unspecified atom stereocenters. The summed E-state index contributed by atoms with van der Waals surface area (Å²) in [6, 6.07) is 0. The van der Waals surface area contributed by atoms with Gasteiger partial charge in [-0.2, -0.15) is 0 Å². The topological polar surface area (TPSA) is 40.2 Å². The number of diazo groups is 1. The molecule has 0 aliphatic carbocycles. The molecule has 0 aliphatic rings. The summed E-state index contributed by atoms with van der Waals surface area (Å²) in [6.45, 7) is 0.319. The van der Waals surface area contributed by atoms with E-state index in [1.165, 1.54) is 0 Å². The SMILES string of the molecule is CNC[N+]#N. The summed E-state index contributed by atoms with van der Waals surface area (Å²) in [6.07, 6.45) is 0. The van der Waals surface area contributed by atoms with Crippen molar-refractivity contribution in [1.82, 2.24) is 5.32 Å². The molecule has 0 saturated carbocycles. The monoisotopic (exact) mass is 72.1 g/mol. The van der Waals surface area contributed by atoms with Gasteiger partial charge < -0.3 is 0 Å². The lowest BCUT2D eigenvalue weighted by molar-refractivity contribution is 0.901. The molecule has 28 valence electrons. The van der Waals surface area contributed by atoms with Gasteiger partial charge >= 0.3 is 6.67 Å². The van der Waals surface area contributed by atoms with Crippen LogP contribution in [-0.4, -0.2) is 13.7 Å². The molecule has 1 N–H and O–H groups in total. The summed E-state index contributed by atoms with van der Waals surface area (Å²) in [5.41, 5.74) is 0. The van der Waals surface area contributed by atoms with Crippen LogP contribution in [0.15, 0.2) is 0 Å². The second kappa shape index (κ2) is 3.38. The largest absolute Gasteiger partial charge is 0.359 e. The Morgan fingerprint density at radius 3 is 2.60 bits per heavy atom. The lowest BCUT2D eigenvalue weighted by Gasteiger charge is -1.62. The Kier molecular flexibility index (Phi) is 2.96. The number of nitrogens with zero attached hydrogens (tertiary/aromatic N) is 2. The van der Waals surface area contributed by atoms with Gasteiger partial charge in [0, 0.05) is 0 Å². The van der Waals surface area contributed by atoms with Crippen molar-refractivity contribution in [3.63, 3.8) is 0 Å². The van der Waals surface area contributed by atoms with E-state index in [0.29, 0.717) is 6.67 Å². The fourth-order valence-corrected chi connectivity index (χ4v) is 0.0707. The Hall–Kier alpha value is -0.620. The smallest absolute Gasteiger partial charge is 0.246 e. The quantitative estimate of drug-likeness (QED) is 0.443. The molecule has 0 spiro atoms. The molecule has 3 nitrogen and oxygen atoms in total. The molecule has 0 aromatic carbocycles. The minimum absolute atomic E-state index is 0.319. The van der Waals surface area contributed by atoms with Crippen LogP contribution in [-0.2, 0) is 0 Å². The summed E-state index contributed by atoms with van der Waals surface area (Å²) in [5, 5.41) is 10.2. The van der Waals surface area contributed by atoms with Gasteiger partial charge in [-0.25, -0.2) is 5.32 Å². The van der Waals surface area contributed by atoms with Gasteiger partial charge in [0.2, 0.25) is 5.39 Å².